The van der Waals surface area contributed by atoms with E-state index in [1.165, 1.54) is 12.3 Å². The van der Waals surface area contributed by atoms with Crippen molar-refractivity contribution in [2.45, 2.75) is 44.1 Å². The molecule has 0 aliphatic heterocycles. The average molecular weight is 494 g/mol. The summed E-state index contributed by atoms with van der Waals surface area (Å²) < 4.78 is 23.4. The molecule has 1 fully saturated rings. The average Bonchev–Trinajstić information content (AvgIpc) is 3.03. The summed E-state index contributed by atoms with van der Waals surface area (Å²) in [4.78, 5) is 16.1. The molecule has 0 radical (unpaired) electrons. The highest BCUT2D eigenvalue weighted by molar-refractivity contribution is 6.99. The van der Waals surface area contributed by atoms with Gasteiger partial charge in [-0.2, -0.15) is 4.98 Å². The summed E-state index contributed by atoms with van der Waals surface area (Å²) in [6, 6.07) is 20.6. The Morgan fingerprint density at radius 2 is 1.63 bits per heavy atom. The molecule has 0 amide bonds. The van der Waals surface area contributed by atoms with Gasteiger partial charge in [0.1, 0.15) is 5.82 Å². The molecule has 3 N–H and O–H groups in total. The number of alkyl halides is 1. The van der Waals surface area contributed by atoms with Crippen molar-refractivity contribution in [3.63, 3.8) is 0 Å². The molecule has 0 spiro atoms. The van der Waals surface area contributed by atoms with E-state index >= 15 is 4.39 Å². The Morgan fingerprint density at radius 1 is 1.09 bits per heavy atom. The molecule has 4 atom stereocenters. The number of nitrogen functional groups attached to an aromatic ring is 1. The second-order valence-corrected chi connectivity index (χ2v) is 14.4. The van der Waals surface area contributed by atoms with E-state index in [0.29, 0.717) is 5.57 Å². The summed E-state index contributed by atoms with van der Waals surface area (Å²) in [6.45, 7) is 10.6. The Morgan fingerprint density at radius 3 is 2.11 bits per heavy atom. The molecular formula is C27H32FN3O3Si. The standard InChI is InChI=1S/C27H32FN3O3Si/c1-18-21(25(32)23(28)24(18)31-16-15-22(29)30-26(31)33)17-34-35(27(2,3)4,19-11-7-5-8-12-19)20-13-9-6-10-14-20/h5-16,21,23-25,32H,1,17H2,2-4H3,(H2,29,30,33)/t21-,23+,24+,25+/m0/s1. The molecular weight excluding hydrogens is 461 g/mol. The summed E-state index contributed by atoms with van der Waals surface area (Å²) in [7, 11) is -2.89. The van der Waals surface area contributed by atoms with Gasteiger partial charge in [-0.3, -0.25) is 4.57 Å². The first-order valence-corrected chi connectivity index (χ1v) is 13.6. The van der Waals surface area contributed by atoms with Crippen molar-refractivity contribution in [2.75, 3.05) is 12.3 Å². The van der Waals surface area contributed by atoms with Gasteiger partial charge in [-0.25, -0.2) is 9.18 Å². The number of hydrogen-bond acceptors (Lipinski definition) is 5. The Labute approximate surface area is 206 Å². The van der Waals surface area contributed by atoms with Crippen LogP contribution < -0.4 is 21.8 Å². The lowest BCUT2D eigenvalue weighted by Gasteiger charge is -2.43. The molecule has 184 valence electrons. The van der Waals surface area contributed by atoms with Crippen LogP contribution >= 0.6 is 0 Å². The minimum atomic E-state index is -2.89. The van der Waals surface area contributed by atoms with Crippen LogP contribution in [0.2, 0.25) is 5.04 Å². The largest absolute Gasteiger partial charge is 0.407 e. The van der Waals surface area contributed by atoms with Crippen LogP contribution in [-0.4, -0.2) is 41.9 Å². The summed E-state index contributed by atoms with van der Waals surface area (Å²) in [5.41, 5.74) is 5.31. The third-order valence-electron chi connectivity index (χ3n) is 6.94. The zero-order valence-corrected chi connectivity index (χ0v) is 21.3. The minimum absolute atomic E-state index is 0.0531. The van der Waals surface area contributed by atoms with Gasteiger partial charge < -0.3 is 15.3 Å². The SMILES string of the molecule is C=C1[C@@H](n2ccc(N)nc2=O)[C@@H](F)[C@H](O)[C@H]1CO[Si](c1ccccc1)(c1ccccc1)C(C)(C)C. The third-order valence-corrected chi connectivity index (χ3v) is 11.9. The van der Waals surface area contributed by atoms with Crippen LogP contribution in [0.1, 0.15) is 26.8 Å². The quantitative estimate of drug-likeness (QED) is 0.407. The number of nitrogens with zero attached hydrogens (tertiary/aromatic N) is 2. The van der Waals surface area contributed by atoms with Crippen LogP contribution in [0.5, 0.6) is 0 Å². The molecule has 4 rings (SSSR count). The highest BCUT2D eigenvalue weighted by Crippen LogP contribution is 2.43. The molecule has 3 aromatic rings. The molecule has 1 aromatic heterocycles. The van der Waals surface area contributed by atoms with Gasteiger partial charge in [-0.1, -0.05) is 88.0 Å². The molecule has 2 aromatic carbocycles. The molecule has 1 aliphatic rings. The monoisotopic (exact) mass is 493 g/mol. The lowest BCUT2D eigenvalue weighted by molar-refractivity contribution is 0.0441. The fraction of sp³-hybridized carbons (Fsp3) is 0.333. The number of benzene rings is 2. The van der Waals surface area contributed by atoms with Crippen molar-refractivity contribution in [1.82, 2.24) is 9.55 Å². The maximum atomic E-state index is 15.4. The fourth-order valence-corrected chi connectivity index (χ4v) is 9.79. The fourth-order valence-electron chi connectivity index (χ4n) is 5.20. The van der Waals surface area contributed by atoms with Crippen molar-refractivity contribution >= 4 is 24.5 Å². The Hall–Kier alpha value is -3.07. The second-order valence-electron chi connectivity index (χ2n) is 10.1. The second kappa shape index (κ2) is 9.52. The number of nitrogens with two attached hydrogens (primary N) is 1. The number of halogens is 1. The van der Waals surface area contributed by atoms with Gasteiger partial charge in [0.05, 0.1) is 12.1 Å². The first kappa shape index (κ1) is 25.0. The van der Waals surface area contributed by atoms with E-state index in [2.05, 4.69) is 56.6 Å². The Bertz CT molecular complexity index is 1200. The zero-order chi connectivity index (χ0) is 25.4. The maximum absolute atomic E-state index is 15.4. The lowest BCUT2D eigenvalue weighted by atomic mass is 10.0. The lowest BCUT2D eigenvalue weighted by Crippen LogP contribution is -2.67. The van der Waals surface area contributed by atoms with Crippen molar-refractivity contribution in [2.24, 2.45) is 5.92 Å². The molecule has 0 bridgehead atoms. The van der Waals surface area contributed by atoms with Gasteiger partial charge in [0, 0.05) is 18.7 Å². The minimum Gasteiger partial charge on any atom is -0.407 e. The zero-order valence-electron chi connectivity index (χ0n) is 20.3. The Balaban J connectivity index is 1.73. The van der Waals surface area contributed by atoms with E-state index in [9.17, 15) is 9.90 Å². The topological polar surface area (TPSA) is 90.4 Å². The van der Waals surface area contributed by atoms with Gasteiger partial charge in [0.25, 0.3) is 8.32 Å². The summed E-state index contributed by atoms with van der Waals surface area (Å²) >= 11 is 0. The van der Waals surface area contributed by atoms with E-state index in [0.717, 1.165) is 14.9 Å². The van der Waals surface area contributed by atoms with Crippen molar-refractivity contribution in [3.8, 4) is 0 Å². The normalized spacial score (nSPS) is 22.9. The van der Waals surface area contributed by atoms with Crippen molar-refractivity contribution in [3.05, 3.63) is 95.6 Å². The highest BCUT2D eigenvalue weighted by atomic mass is 28.4. The van der Waals surface area contributed by atoms with Crippen LogP contribution in [0.25, 0.3) is 0 Å². The molecule has 1 heterocycles. The Kier molecular flexibility index (Phi) is 6.81. The van der Waals surface area contributed by atoms with Crippen LogP contribution in [0.15, 0.2) is 89.9 Å². The van der Waals surface area contributed by atoms with Gasteiger partial charge >= 0.3 is 5.69 Å². The van der Waals surface area contributed by atoms with Crippen molar-refractivity contribution in [1.29, 1.82) is 0 Å². The number of aliphatic hydroxyl groups is 1. The number of aromatic nitrogens is 2. The van der Waals surface area contributed by atoms with Gasteiger partial charge in [-0.05, 0) is 27.1 Å². The summed E-state index contributed by atoms with van der Waals surface area (Å²) in [5, 5.41) is 12.8. The molecule has 0 saturated heterocycles. The van der Waals surface area contributed by atoms with Gasteiger partial charge in [0.2, 0.25) is 0 Å². The van der Waals surface area contributed by atoms with E-state index in [1.54, 1.807) is 0 Å². The number of rotatable bonds is 6. The van der Waals surface area contributed by atoms with Crippen LogP contribution in [-0.2, 0) is 4.43 Å². The maximum Gasteiger partial charge on any atom is 0.350 e. The van der Waals surface area contributed by atoms with Crippen LogP contribution in [0.3, 0.4) is 0 Å². The summed E-state index contributed by atoms with van der Waals surface area (Å²) in [5.74, 6) is -0.640. The van der Waals surface area contributed by atoms with Crippen LogP contribution in [0.4, 0.5) is 10.2 Å². The van der Waals surface area contributed by atoms with E-state index in [4.69, 9.17) is 10.2 Å². The van der Waals surface area contributed by atoms with E-state index in [-0.39, 0.29) is 17.5 Å². The molecule has 1 saturated carbocycles. The highest BCUT2D eigenvalue weighted by Gasteiger charge is 2.53. The number of anilines is 1. The molecule has 0 unspecified atom stereocenters. The first-order chi connectivity index (χ1) is 16.6. The first-order valence-electron chi connectivity index (χ1n) is 11.7. The van der Waals surface area contributed by atoms with Crippen LogP contribution in [0, 0.1) is 5.92 Å². The summed E-state index contributed by atoms with van der Waals surface area (Å²) in [6.07, 6.45) is -1.70. The third kappa shape index (κ3) is 4.37. The van der Waals surface area contributed by atoms with Gasteiger partial charge in [0.15, 0.2) is 6.17 Å². The molecule has 8 heteroatoms. The number of aliphatic hydroxyl groups excluding tert-OH is 1. The van der Waals surface area contributed by atoms with Gasteiger partial charge in [-0.15, -0.1) is 0 Å². The van der Waals surface area contributed by atoms with Crippen molar-refractivity contribution < 1.29 is 13.9 Å². The molecule has 35 heavy (non-hydrogen) atoms. The molecule has 1 aliphatic carbocycles. The predicted molar refractivity (Wildman–Crippen MR) is 139 cm³/mol. The molecule has 6 nitrogen and oxygen atoms in total. The van der Waals surface area contributed by atoms with E-state index in [1.807, 2.05) is 36.4 Å². The predicted octanol–water partition coefficient (Wildman–Crippen LogP) is 2.83. The number of hydrogen-bond donors (Lipinski definition) is 2. The smallest absolute Gasteiger partial charge is 0.350 e. The van der Waals surface area contributed by atoms with E-state index < -0.39 is 38.2 Å².